The first kappa shape index (κ1) is 15.5. The Morgan fingerprint density at radius 2 is 2.11 bits per heavy atom. The van der Waals surface area contributed by atoms with Gasteiger partial charge in [-0.05, 0) is 44.7 Å². The molecule has 1 rings (SSSR count). The van der Waals surface area contributed by atoms with E-state index in [1.807, 2.05) is 18.4 Å². The molecule has 1 atom stereocenters. The molecule has 0 fully saturated rings. The number of thiophene rings is 1. The molecule has 0 aromatic carbocycles. The van der Waals surface area contributed by atoms with Crippen LogP contribution in [0.1, 0.15) is 43.7 Å². The molecule has 1 amide bonds. The molecular weight excluding hydrogens is 266 g/mol. The molecule has 19 heavy (non-hydrogen) atoms. The van der Waals surface area contributed by atoms with E-state index in [0.29, 0.717) is 0 Å². The zero-order valence-corrected chi connectivity index (χ0v) is 12.3. The Morgan fingerprint density at radius 1 is 1.47 bits per heavy atom. The van der Waals surface area contributed by atoms with E-state index < -0.39 is 23.7 Å². The maximum absolute atomic E-state index is 11.7. The van der Waals surface area contributed by atoms with Gasteiger partial charge in [0.05, 0.1) is 12.5 Å². The van der Waals surface area contributed by atoms with Gasteiger partial charge in [0.25, 0.3) is 0 Å². The average molecular weight is 285 g/mol. The number of alkyl carbamates (subject to hydrolysis) is 1. The highest BCUT2D eigenvalue weighted by Gasteiger charge is 2.22. The standard InChI is InChI=1S/C13H19NO4S/c1-8-5-9(7-19-8)10(6-11(15)16)14-12(17)18-13(2,3)4/h5,7,10H,6H2,1-4H3,(H,14,17)(H,15,16)/t10-/m0/s1. The lowest BCUT2D eigenvalue weighted by molar-refractivity contribution is -0.137. The summed E-state index contributed by atoms with van der Waals surface area (Å²) >= 11 is 1.52. The molecule has 1 heterocycles. The van der Waals surface area contributed by atoms with Crippen LogP contribution in [-0.2, 0) is 9.53 Å². The fraction of sp³-hybridized carbons (Fsp3) is 0.538. The number of ether oxygens (including phenoxy) is 1. The van der Waals surface area contributed by atoms with Gasteiger partial charge in [-0.3, -0.25) is 4.79 Å². The molecule has 106 valence electrons. The molecule has 0 bridgehead atoms. The monoisotopic (exact) mass is 285 g/mol. The van der Waals surface area contributed by atoms with Gasteiger partial charge in [-0.25, -0.2) is 4.79 Å². The van der Waals surface area contributed by atoms with Crippen LogP contribution in [0.2, 0.25) is 0 Å². The quantitative estimate of drug-likeness (QED) is 0.891. The average Bonchev–Trinajstić information content (AvgIpc) is 2.60. The molecule has 0 unspecified atom stereocenters. The van der Waals surface area contributed by atoms with Crippen LogP contribution in [0.4, 0.5) is 4.79 Å². The van der Waals surface area contributed by atoms with Crippen LogP contribution >= 0.6 is 11.3 Å². The van der Waals surface area contributed by atoms with E-state index in [1.54, 1.807) is 20.8 Å². The number of aryl methyl sites for hydroxylation is 1. The lowest BCUT2D eigenvalue weighted by atomic mass is 10.1. The topological polar surface area (TPSA) is 75.6 Å². The van der Waals surface area contributed by atoms with Crippen molar-refractivity contribution in [2.24, 2.45) is 0 Å². The summed E-state index contributed by atoms with van der Waals surface area (Å²) in [4.78, 5) is 23.6. The smallest absolute Gasteiger partial charge is 0.408 e. The molecular formula is C13H19NO4S. The first-order chi connectivity index (χ1) is 8.67. The summed E-state index contributed by atoms with van der Waals surface area (Å²) in [5.41, 5.74) is 0.179. The number of nitrogens with one attached hydrogen (secondary N) is 1. The van der Waals surface area contributed by atoms with Gasteiger partial charge in [-0.2, -0.15) is 0 Å². The van der Waals surface area contributed by atoms with Gasteiger partial charge in [0.15, 0.2) is 0 Å². The van der Waals surface area contributed by atoms with Crippen molar-refractivity contribution in [3.8, 4) is 0 Å². The minimum atomic E-state index is -0.968. The predicted octanol–water partition coefficient (Wildman–Crippen LogP) is 3.10. The van der Waals surface area contributed by atoms with Gasteiger partial charge in [-0.1, -0.05) is 0 Å². The zero-order valence-electron chi connectivity index (χ0n) is 11.5. The SMILES string of the molecule is Cc1cc([C@H](CC(=O)O)NC(=O)OC(C)(C)C)cs1. The number of aliphatic carboxylic acids is 1. The minimum absolute atomic E-state index is 0.171. The Bertz CT molecular complexity index is 461. The van der Waals surface area contributed by atoms with Crippen LogP contribution < -0.4 is 5.32 Å². The maximum Gasteiger partial charge on any atom is 0.408 e. The molecule has 1 aromatic rings. The summed E-state index contributed by atoms with van der Waals surface area (Å²) in [7, 11) is 0. The van der Waals surface area contributed by atoms with Crippen LogP contribution in [0, 0.1) is 6.92 Å². The molecule has 0 radical (unpaired) electrons. The predicted molar refractivity (Wildman–Crippen MR) is 73.4 cm³/mol. The Labute approximate surface area is 116 Å². The molecule has 0 aliphatic carbocycles. The van der Waals surface area contributed by atoms with Crippen molar-refractivity contribution in [3.05, 3.63) is 21.9 Å². The van der Waals surface area contributed by atoms with Gasteiger partial charge < -0.3 is 15.2 Å². The molecule has 0 saturated carbocycles. The highest BCUT2D eigenvalue weighted by molar-refractivity contribution is 7.10. The summed E-state index contributed by atoms with van der Waals surface area (Å²) in [6.45, 7) is 7.20. The van der Waals surface area contributed by atoms with Crippen molar-refractivity contribution < 1.29 is 19.4 Å². The van der Waals surface area contributed by atoms with Crippen molar-refractivity contribution in [3.63, 3.8) is 0 Å². The summed E-state index contributed by atoms with van der Waals surface area (Å²) in [6, 6.07) is 1.30. The fourth-order valence-electron chi connectivity index (χ4n) is 1.52. The molecule has 6 heteroatoms. The number of carbonyl (C=O) groups is 2. The van der Waals surface area contributed by atoms with Crippen molar-refractivity contribution in [1.29, 1.82) is 0 Å². The van der Waals surface area contributed by atoms with Crippen LogP contribution in [0.25, 0.3) is 0 Å². The molecule has 0 spiro atoms. The van der Waals surface area contributed by atoms with E-state index in [-0.39, 0.29) is 6.42 Å². The fourth-order valence-corrected chi connectivity index (χ4v) is 2.28. The van der Waals surface area contributed by atoms with Gasteiger partial charge in [0.1, 0.15) is 5.60 Å². The Kier molecular flexibility index (Phi) is 4.94. The Balaban J connectivity index is 2.76. The van der Waals surface area contributed by atoms with Gasteiger partial charge in [-0.15, -0.1) is 11.3 Å². The van der Waals surface area contributed by atoms with E-state index in [2.05, 4.69) is 5.32 Å². The van der Waals surface area contributed by atoms with Crippen molar-refractivity contribution >= 4 is 23.4 Å². The lowest BCUT2D eigenvalue weighted by Crippen LogP contribution is -2.35. The Morgan fingerprint density at radius 3 is 2.53 bits per heavy atom. The second kappa shape index (κ2) is 6.06. The molecule has 5 nitrogen and oxygen atoms in total. The van der Waals surface area contributed by atoms with Gasteiger partial charge >= 0.3 is 12.1 Å². The largest absolute Gasteiger partial charge is 0.481 e. The molecule has 1 aromatic heterocycles. The lowest BCUT2D eigenvalue weighted by Gasteiger charge is -2.22. The molecule has 0 saturated heterocycles. The number of carboxylic acid groups (broad SMARTS) is 1. The third-order valence-electron chi connectivity index (χ3n) is 2.22. The van der Waals surface area contributed by atoms with E-state index in [4.69, 9.17) is 9.84 Å². The Hall–Kier alpha value is -1.56. The number of carbonyl (C=O) groups excluding carboxylic acids is 1. The highest BCUT2D eigenvalue weighted by atomic mass is 32.1. The van der Waals surface area contributed by atoms with Crippen LogP contribution in [0.3, 0.4) is 0 Å². The third kappa shape index (κ3) is 5.74. The third-order valence-corrected chi connectivity index (χ3v) is 3.10. The van der Waals surface area contributed by atoms with Crippen LogP contribution in [0.5, 0.6) is 0 Å². The van der Waals surface area contributed by atoms with E-state index in [0.717, 1.165) is 10.4 Å². The van der Waals surface area contributed by atoms with Gasteiger partial charge in [0.2, 0.25) is 0 Å². The first-order valence-corrected chi connectivity index (χ1v) is 6.81. The number of hydrogen-bond donors (Lipinski definition) is 2. The minimum Gasteiger partial charge on any atom is -0.481 e. The van der Waals surface area contributed by atoms with Crippen molar-refractivity contribution in [1.82, 2.24) is 5.32 Å². The highest BCUT2D eigenvalue weighted by Crippen LogP contribution is 2.23. The molecule has 0 aliphatic heterocycles. The summed E-state index contributed by atoms with van der Waals surface area (Å²) in [5.74, 6) is -0.968. The van der Waals surface area contributed by atoms with Crippen LogP contribution in [-0.4, -0.2) is 22.8 Å². The number of amides is 1. The maximum atomic E-state index is 11.7. The normalized spacial score (nSPS) is 12.8. The van der Waals surface area contributed by atoms with Gasteiger partial charge in [0, 0.05) is 4.88 Å². The van der Waals surface area contributed by atoms with Crippen molar-refractivity contribution in [2.75, 3.05) is 0 Å². The number of rotatable bonds is 4. The first-order valence-electron chi connectivity index (χ1n) is 5.94. The molecule has 2 N–H and O–H groups in total. The van der Waals surface area contributed by atoms with Crippen LogP contribution in [0.15, 0.2) is 11.4 Å². The number of hydrogen-bond acceptors (Lipinski definition) is 4. The second-order valence-corrected chi connectivity index (χ2v) is 6.40. The zero-order chi connectivity index (χ0) is 14.6. The summed E-state index contributed by atoms with van der Waals surface area (Å²) in [5, 5.41) is 13.4. The van der Waals surface area contributed by atoms with E-state index in [1.165, 1.54) is 11.3 Å². The van der Waals surface area contributed by atoms with Crippen molar-refractivity contribution in [2.45, 2.75) is 45.8 Å². The second-order valence-electron chi connectivity index (χ2n) is 5.29. The molecule has 0 aliphatic rings. The van der Waals surface area contributed by atoms with E-state index >= 15 is 0 Å². The van der Waals surface area contributed by atoms with E-state index in [9.17, 15) is 9.59 Å². The summed E-state index contributed by atoms with van der Waals surface area (Å²) < 4.78 is 5.14. The summed E-state index contributed by atoms with van der Waals surface area (Å²) in [6.07, 6.45) is -0.780. The number of carboxylic acids is 1.